The predicted octanol–water partition coefficient (Wildman–Crippen LogP) is 2.37. The standard InChI is InChI=1S/C13H12F2N4O/c1-7-10(14)6-18-12(11(7)15)20-9-4-2-3-8(5-9)19-13(16)17/h2-6H,1H3,(H4,16,17,19). The number of hydrogen-bond acceptors (Lipinski definition) is 3. The summed E-state index contributed by atoms with van der Waals surface area (Å²) in [6.45, 7) is 1.30. The normalized spacial score (nSPS) is 10.2. The van der Waals surface area contributed by atoms with E-state index in [9.17, 15) is 8.78 Å². The van der Waals surface area contributed by atoms with Crippen molar-refractivity contribution in [1.82, 2.24) is 4.98 Å². The molecule has 0 aliphatic rings. The van der Waals surface area contributed by atoms with Gasteiger partial charge in [0.1, 0.15) is 11.6 Å². The first-order valence-electron chi connectivity index (χ1n) is 5.65. The van der Waals surface area contributed by atoms with E-state index in [1.165, 1.54) is 13.0 Å². The first-order chi connectivity index (χ1) is 9.47. The van der Waals surface area contributed by atoms with Gasteiger partial charge < -0.3 is 16.2 Å². The lowest BCUT2D eigenvalue weighted by Crippen LogP contribution is -2.21. The van der Waals surface area contributed by atoms with Crippen molar-refractivity contribution in [1.29, 1.82) is 0 Å². The van der Waals surface area contributed by atoms with Gasteiger partial charge in [-0.05, 0) is 19.1 Å². The van der Waals surface area contributed by atoms with Gasteiger partial charge in [-0.3, -0.25) is 0 Å². The van der Waals surface area contributed by atoms with Crippen molar-refractivity contribution in [3.63, 3.8) is 0 Å². The summed E-state index contributed by atoms with van der Waals surface area (Å²) in [4.78, 5) is 7.40. The van der Waals surface area contributed by atoms with Crippen LogP contribution in [-0.4, -0.2) is 10.9 Å². The van der Waals surface area contributed by atoms with E-state index in [0.717, 1.165) is 6.20 Å². The molecule has 0 radical (unpaired) electrons. The number of aromatic nitrogens is 1. The maximum atomic E-state index is 13.8. The zero-order valence-corrected chi connectivity index (χ0v) is 10.6. The molecule has 7 heteroatoms. The number of rotatable bonds is 3. The lowest BCUT2D eigenvalue weighted by atomic mass is 10.2. The minimum absolute atomic E-state index is 0.107. The molecular weight excluding hydrogens is 266 g/mol. The first kappa shape index (κ1) is 13.7. The number of halogens is 2. The molecule has 0 saturated heterocycles. The maximum absolute atomic E-state index is 13.8. The largest absolute Gasteiger partial charge is 0.436 e. The molecule has 1 aromatic heterocycles. The Hall–Kier alpha value is -2.70. The second kappa shape index (κ2) is 5.52. The Morgan fingerprint density at radius 3 is 2.75 bits per heavy atom. The van der Waals surface area contributed by atoms with E-state index in [-0.39, 0.29) is 23.2 Å². The lowest BCUT2D eigenvalue weighted by Gasteiger charge is -2.08. The third kappa shape index (κ3) is 3.00. The molecule has 1 heterocycles. The van der Waals surface area contributed by atoms with E-state index < -0.39 is 11.6 Å². The molecule has 0 bridgehead atoms. The molecule has 0 atom stereocenters. The smallest absolute Gasteiger partial charge is 0.256 e. The summed E-state index contributed by atoms with van der Waals surface area (Å²) in [5.74, 6) is -1.72. The fourth-order valence-corrected chi connectivity index (χ4v) is 1.48. The van der Waals surface area contributed by atoms with E-state index >= 15 is 0 Å². The average Bonchev–Trinajstić information content (AvgIpc) is 2.39. The van der Waals surface area contributed by atoms with Crippen LogP contribution in [0.5, 0.6) is 11.6 Å². The van der Waals surface area contributed by atoms with Crippen molar-refractivity contribution in [3.05, 3.63) is 47.7 Å². The second-order valence-electron chi connectivity index (χ2n) is 3.99. The summed E-state index contributed by atoms with van der Waals surface area (Å²) in [5, 5.41) is 0. The number of ether oxygens (including phenoxy) is 1. The number of nitrogens with two attached hydrogens (primary N) is 2. The van der Waals surface area contributed by atoms with Gasteiger partial charge in [-0.2, -0.15) is 0 Å². The molecule has 2 rings (SSSR count). The van der Waals surface area contributed by atoms with Gasteiger partial charge in [0.05, 0.1) is 11.9 Å². The molecule has 20 heavy (non-hydrogen) atoms. The summed E-state index contributed by atoms with van der Waals surface area (Å²) in [5.41, 5.74) is 10.8. The summed E-state index contributed by atoms with van der Waals surface area (Å²) in [6, 6.07) is 6.35. The molecule has 0 amide bonds. The Kier molecular flexibility index (Phi) is 3.79. The van der Waals surface area contributed by atoms with Crippen LogP contribution in [0.1, 0.15) is 5.56 Å². The highest BCUT2D eigenvalue weighted by atomic mass is 19.1. The average molecular weight is 278 g/mol. The Morgan fingerprint density at radius 1 is 1.30 bits per heavy atom. The fourth-order valence-electron chi connectivity index (χ4n) is 1.48. The van der Waals surface area contributed by atoms with Crippen molar-refractivity contribution >= 4 is 11.6 Å². The van der Waals surface area contributed by atoms with E-state index in [1.54, 1.807) is 18.2 Å². The lowest BCUT2D eigenvalue weighted by molar-refractivity contribution is 0.413. The van der Waals surface area contributed by atoms with Crippen molar-refractivity contribution in [2.45, 2.75) is 6.92 Å². The van der Waals surface area contributed by atoms with Gasteiger partial charge in [-0.15, -0.1) is 0 Å². The third-order valence-corrected chi connectivity index (χ3v) is 2.46. The number of aliphatic imine (C=N–C) groups is 1. The second-order valence-corrected chi connectivity index (χ2v) is 3.99. The number of pyridine rings is 1. The molecule has 0 fully saturated rings. The molecule has 0 aliphatic carbocycles. The summed E-state index contributed by atoms with van der Waals surface area (Å²) >= 11 is 0. The summed E-state index contributed by atoms with van der Waals surface area (Å²) in [6.07, 6.45) is 0.896. The van der Waals surface area contributed by atoms with Crippen LogP contribution in [-0.2, 0) is 0 Å². The minimum atomic E-state index is -0.850. The number of guanidine groups is 1. The van der Waals surface area contributed by atoms with Gasteiger partial charge in [0.25, 0.3) is 5.88 Å². The van der Waals surface area contributed by atoms with Crippen molar-refractivity contribution < 1.29 is 13.5 Å². The van der Waals surface area contributed by atoms with Gasteiger partial charge in [-0.25, -0.2) is 18.8 Å². The third-order valence-electron chi connectivity index (χ3n) is 2.46. The van der Waals surface area contributed by atoms with Crippen LogP contribution in [0.4, 0.5) is 14.5 Å². The van der Waals surface area contributed by atoms with Crippen LogP contribution in [0.2, 0.25) is 0 Å². The monoisotopic (exact) mass is 278 g/mol. The molecule has 104 valence electrons. The summed E-state index contributed by atoms with van der Waals surface area (Å²) < 4.78 is 32.1. The molecular formula is C13H12F2N4O. The van der Waals surface area contributed by atoms with E-state index in [4.69, 9.17) is 16.2 Å². The van der Waals surface area contributed by atoms with Crippen molar-refractivity contribution in [3.8, 4) is 11.6 Å². The summed E-state index contributed by atoms with van der Waals surface area (Å²) in [7, 11) is 0. The zero-order valence-electron chi connectivity index (χ0n) is 10.6. The highest BCUT2D eigenvalue weighted by Gasteiger charge is 2.13. The van der Waals surface area contributed by atoms with E-state index in [1.807, 2.05) is 0 Å². The minimum Gasteiger partial charge on any atom is -0.436 e. The van der Waals surface area contributed by atoms with Crippen LogP contribution in [0.3, 0.4) is 0 Å². The Balaban J connectivity index is 2.31. The predicted molar refractivity (Wildman–Crippen MR) is 70.9 cm³/mol. The van der Waals surface area contributed by atoms with E-state index in [2.05, 4.69) is 9.98 Å². The topological polar surface area (TPSA) is 86.5 Å². The van der Waals surface area contributed by atoms with Crippen LogP contribution >= 0.6 is 0 Å². The number of benzene rings is 1. The molecule has 4 N–H and O–H groups in total. The highest BCUT2D eigenvalue weighted by molar-refractivity contribution is 5.79. The Morgan fingerprint density at radius 2 is 2.05 bits per heavy atom. The SMILES string of the molecule is Cc1c(F)cnc(Oc2cccc(N=C(N)N)c2)c1F. The van der Waals surface area contributed by atoms with Gasteiger partial charge in [0.2, 0.25) is 0 Å². The number of nitrogens with zero attached hydrogens (tertiary/aromatic N) is 2. The van der Waals surface area contributed by atoms with Crippen LogP contribution in [0.15, 0.2) is 35.5 Å². The maximum Gasteiger partial charge on any atom is 0.256 e. The van der Waals surface area contributed by atoms with Crippen molar-refractivity contribution in [2.24, 2.45) is 16.5 Å². The first-order valence-corrected chi connectivity index (χ1v) is 5.65. The number of hydrogen-bond donors (Lipinski definition) is 2. The molecule has 0 unspecified atom stereocenters. The molecule has 0 spiro atoms. The zero-order chi connectivity index (χ0) is 14.7. The van der Waals surface area contributed by atoms with Gasteiger partial charge in [0, 0.05) is 11.6 Å². The molecule has 2 aromatic rings. The molecule has 0 saturated carbocycles. The van der Waals surface area contributed by atoms with Crippen LogP contribution in [0, 0.1) is 18.6 Å². The van der Waals surface area contributed by atoms with Gasteiger partial charge >= 0.3 is 0 Å². The fraction of sp³-hybridized carbons (Fsp3) is 0.0769. The highest BCUT2D eigenvalue weighted by Crippen LogP contribution is 2.27. The molecule has 1 aromatic carbocycles. The Labute approximate surface area is 113 Å². The molecule has 5 nitrogen and oxygen atoms in total. The van der Waals surface area contributed by atoms with Crippen LogP contribution < -0.4 is 16.2 Å². The van der Waals surface area contributed by atoms with Crippen LogP contribution in [0.25, 0.3) is 0 Å². The molecule has 0 aliphatic heterocycles. The van der Waals surface area contributed by atoms with Gasteiger partial charge in [-0.1, -0.05) is 6.07 Å². The van der Waals surface area contributed by atoms with Crippen molar-refractivity contribution in [2.75, 3.05) is 0 Å². The van der Waals surface area contributed by atoms with Gasteiger partial charge in [0.15, 0.2) is 11.8 Å². The quantitative estimate of drug-likeness (QED) is 0.666. The Bertz CT molecular complexity index is 669. The van der Waals surface area contributed by atoms with E-state index in [0.29, 0.717) is 5.69 Å².